The molecule has 0 aliphatic rings. The molecule has 40 valence electrons. The summed E-state index contributed by atoms with van der Waals surface area (Å²) >= 11 is 0. The molecule has 3 heteroatoms. The fraction of sp³-hybridized carbons (Fsp3) is 0.750. The summed E-state index contributed by atoms with van der Waals surface area (Å²) in [5.41, 5.74) is 0. The Morgan fingerprint density at radius 2 is 2.14 bits per heavy atom. The Morgan fingerprint density at radius 1 is 1.71 bits per heavy atom. The smallest absolute Gasteiger partial charge is 0.303 e. The molecular formula is C4H8GeO2. The summed E-state index contributed by atoms with van der Waals surface area (Å²) in [4.78, 5) is 9.60. The van der Waals surface area contributed by atoms with E-state index < -0.39 is 5.97 Å². The SMILES string of the molecule is CCCC(=O)O.[Ge]. The maximum Gasteiger partial charge on any atom is 0.303 e. The number of carboxylic acid groups (broad SMARTS) is 1. The van der Waals surface area contributed by atoms with Crippen LogP contribution in [0.1, 0.15) is 19.8 Å². The molecule has 0 rings (SSSR count). The molecule has 0 spiro atoms. The van der Waals surface area contributed by atoms with E-state index in [4.69, 9.17) is 5.11 Å². The van der Waals surface area contributed by atoms with Gasteiger partial charge in [-0.3, -0.25) is 4.79 Å². The summed E-state index contributed by atoms with van der Waals surface area (Å²) in [5.74, 6) is -0.711. The van der Waals surface area contributed by atoms with Crippen molar-refractivity contribution in [3.63, 3.8) is 0 Å². The first kappa shape index (κ1) is 10.1. The molecule has 0 amide bonds. The second-order valence-electron chi connectivity index (χ2n) is 1.14. The number of aliphatic carboxylic acids is 1. The van der Waals surface area contributed by atoms with Crippen molar-refractivity contribution >= 4 is 23.6 Å². The molecule has 0 aromatic carbocycles. The average molecular weight is 161 g/mol. The maximum absolute atomic E-state index is 9.60. The Morgan fingerprint density at radius 3 is 2.14 bits per heavy atom. The largest absolute Gasteiger partial charge is 0.481 e. The minimum Gasteiger partial charge on any atom is -0.481 e. The zero-order valence-corrected chi connectivity index (χ0v) is 6.37. The topological polar surface area (TPSA) is 37.3 Å². The van der Waals surface area contributed by atoms with E-state index in [1.807, 2.05) is 6.92 Å². The van der Waals surface area contributed by atoms with Crippen LogP contribution in [-0.4, -0.2) is 28.7 Å². The predicted molar refractivity (Wildman–Crippen MR) is 28.3 cm³/mol. The number of carbonyl (C=O) groups is 1. The molecule has 0 saturated carbocycles. The van der Waals surface area contributed by atoms with E-state index in [1.54, 1.807) is 0 Å². The predicted octanol–water partition coefficient (Wildman–Crippen LogP) is 0.490. The summed E-state index contributed by atoms with van der Waals surface area (Å²) < 4.78 is 0. The number of rotatable bonds is 2. The van der Waals surface area contributed by atoms with Gasteiger partial charge in [-0.2, -0.15) is 0 Å². The molecule has 0 saturated heterocycles. The zero-order chi connectivity index (χ0) is 4.99. The van der Waals surface area contributed by atoms with Crippen LogP contribution in [0, 0.1) is 0 Å². The Hall–Kier alpha value is 0.0129. The van der Waals surface area contributed by atoms with Gasteiger partial charge in [0, 0.05) is 24.0 Å². The normalized spacial score (nSPS) is 7.00. The minimum absolute atomic E-state index is 0. The summed E-state index contributed by atoms with van der Waals surface area (Å²) in [5, 5.41) is 7.91. The Kier molecular flexibility index (Phi) is 8.67. The molecule has 0 bridgehead atoms. The van der Waals surface area contributed by atoms with Gasteiger partial charge in [0.15, 0.2) is 0 Å². The molecule has 0 heterocycles. The van der Waals surface area contributed by atoms with E-state index in [-0.39, 0.29) is 17.6 Å². The maximum atomic E-state index is 9.60. The van der Waals surface area contributed by atoms with Crippen molar-refractivity contribution in [1.29, 1.82) is 0 Å². The van der Waals surface area contributed by atoms with Crippen LogP contribution in [0.2, 0.25) is 0 Å². The van der Waals surface area contributed by atoms with E-state index >= 15 is 0 Å². The van der Waals surface area contributed by atoms with Gasteiger partial charge in [0.25, 0.3) is 0 Å². The van der Waals surface area contributed by atoms with Crippen LogP contribution < -0.4 is 0 Å². The number of hydrogen-bond acceptors (Lipinski definition) is 1. The minimum atomic E-state index is -0.711. The summed E-state index contributed by atoms with van der Waals surface area (Å²) in [7, 11) is 0. The van der Waals surface area contributed by atoms with Crippen LogP contribution in [0.5, 0.6) is 0 Å². The first-order valence-corrected chi connectivity index (χ1v) is 1.99. The van der Waals surface area contributed by atoms with Crippen molar-refractivity contribution < 1.29 is 9.90 Å². The van der Waals surface area contributed by atoms with Crippen LogP contribution >= 0.6 is 0 Å². The Balaban J connectivity index is 0. The first-order chi connectivity index (χ1) is 2.77. The van der Waals surface area contributed by atoms with E-state index in [0.717, 1.165) is 6.42 Å². The van der Waals surface area contributed by atoms with Crippen LogP contribution in [0.4, 0.5) is 0 Å². The quantitative estimate of drug-likeness (QED) is 0.598. The van der Waals surface area contributed by atoms with Crippen molar-refractivity contribution in [3.05, 3.63) is 0 Å². The molecule has 1 N–H and O–H groups in total. The van der Waals surface area contributed by atoms with E-state index in [9.17, 15) is 4.79 Å². The van der Waals surface area contributed by atoms with Gasteiger partial charge in [0.1, 0.15) is 0 Å². The molecule has 0 aliphatic heterocycles. The van der Waals surface area contributed by atoms with Gasteiger partial charge in [-0.25, -0.2) is 0 Å². The molecule has 4 radical (unpaired) electrons. The van der Waals surface area contributed by atoms with Gasteiger partial charge in [0.2, 0.25) is 0 Å². The van der Waals surface area contributed by atoms with Gasteiger partial charge in [0.05, 0.1) is 0 Å². The molecule has 0 aliphatic carbocycles. The van der Waals surface area contributed by atoms with Crippen molar-refractivity contribution in [2.45, 2.75) is 19.8 Å². The number of carboxylic acids is 1. The third-order valence-electron chi connectivity index (χ3n) is 0.464. The first-order valence-electron chi connectivity index (χ1n) is 1.99. The molecule has 0 aromatic heterocycles. The third-order valence-corrected chi connectivity index (χ3v) is 0.464. The Labute approximate surface area is 53.9 Å². The second-order valence-corrected chi connectivity index (χ2v) is 1.14. The van der Waals surface area contributed by atoms with Gasteiger partial charge in [-0.1, -0.05) is 6.92 Å². The van der Waals surface area contributed by atoms with E-state index in [2.05, 4.69) is 0 Å². The molecular weight excluding hydrogens is 153 g/mol. The fourth-order valence-electron chi connectivity index (χ4n) is 0.214. The molecule has 0 fully saturated rings. The van der Waals surface area contributed by atoms with Crippen molar-refractivity contribution in [1.82, 2.24) is 0 Å². The fourth-order valence-corrected chi connectivity index (χ4v) is 0.214. The van der Waals surface area contributed by atoms with Gasteiger partial charge in [-0.15, -0.1) is 0 Å². The molecule has 2 nitrogen and oxygen atoms in total. The monoisotopic (exact) mass is 162 g/mol. The Bertz CT molecular complexity index is 53.7. The van der Waals surface area contributed by atoms with Crippen LogP contribution in [0.3, 0.4) is 0 Å². The van der Waals surface area contributed by atoms with Crippen LogP contribution in [0.15, 0.2) is 0 Å². The molecule has 0 aromatic rings. The number of hydrogen-bond donors (Lipinski definition) is 1. The zero-order valence-electron chi connectivity index (χ0n) is 4.27. The van der Waals surface area contributed by atoms with E-state index in [0.29, 0.717) is 6.42 Å². The van der Waals surface area contributed by atoms with Gasteiger partial charge < -0.3 is 5.11 Å². The standard InChI is InChI=1S/C4H8O2.Ge/c1-2-3-4(5)6;/h2-3H2,1H3,(H,5,6);. The third kappa shape index (κ3) is 10.7. The molecule has 7 heavy (non-hydrogen) atoms. The molecule has 0 unspecified atom stereocenters. The van der Waals surface area contributed by atoms with Crippen molar-refractivity contribution in [3.8, 4) is 0 Å². The summed E-state index contributed by atoms with van der Waals surface area (Å²) in [6.07, 6.45) is 1.02. The second kappa shape index (κ2) is 6.01. The molecule has 0 atom stereocenters. The average Bonchev–Trinajstić information content (AvgIpc) is 1.35. The van der Waals surface area contributed by atoms with Crippen LogP contribution in [-0.2, 0) is 4.79 Å². The van der Waals surface area contributed by atoms with Gasteiger partial charge in [-0.05, 0) is 6.42 Å². The van der Waals surface area contributed by atoms with Gasteiger partial charge >= 0.3 is 5.97 Å². The van der Waals surface area contributed by atoms with Crippen molar-refractivity contribution in [2.24, 2.45) is 0 Å². The summed E-state index contributed by atoms with van der Waals surface area (Å²) in [6.45, 7) is 1.84. The van der Waals surface area contributed by atoms with Crippen LogP contribution in [0.25, 0.3) is 0 Å². The van der Waals surface area contributed by atoms with E-state index in [1.165, 1.54) is 0 Å². The van der Waals surface area contributed by atoms with Crippen molar-refractivity contribution in [2.75, 3.05) is 0 Å². The summed E-state index contributed by atoms with van der Waals surface area (Å²) in [6, 6.07) is 0.